The predicted octanol–water partition coefficient (Wildman–Crippen LogP) is 4.60. The third-order valence-corrected chi connectivity index (χ3v) is 3.24. The molecular formula is C13H14ClF3N2. The molecule has 0 N–H and O–H groups in total. The van der Waals surface area contributed by atoms with Crippen LogP contribution < -0.4 is 0 Å². The van der Waals surface area contributed by atoms with Gasteiger partial charge in [0.15, 0.2) is 0 Å². The number of hydrogen-bond donors (Lipinski definition) is 0. The van der Waals surface area contributed by atoms with Gasteiger partial charge in [0.2, 0.25) is 0 Å². The van der Waals surface area contributed by atoms with E-state index in [4.69, 9.17) is 11.6 Å². The summed E-state index contributed by atoms with van der Waals surface area (Å²) < 4.78 is 39.2. The molecule has 104 valence electrons. The van der Waals surface area contributed by atoms with Crippen molar-refractivity contribution in [1.82, 2.24) is 9.55 Å². The van der Waals surface area contributed by atoms with Crippen molar-refractivity contribution in [1.29, 1.82) is 0 Å². The zero-order chi connectivity index (χ0) is 14.2. The zero-order valence-corrected chi connectivity index (χ0v) is 11.4. The molecule has 0 amide bonds. The van der Waals surface area contributed by atoms with Crippen molar-refractivity contribution in [3.8, 4) is 0 Å². The Bertz CT molecular complexity index is 589. The summed E-state index contributed by atoms with van der Waals surface area (Å²) in [6.45, 7) is 3.45. The van der Waals surface area contributed by atoms with Crippen LogP contribution in [0.1, 0.15) is 30.8 Å². The standard InChI is InChI=1S/C13H14ClF3N2/c1-8-3-4-11-10(5-8)18-12(7-14)19(11)9(2)6-13(15,16)17/h3-5,9H,6-7H2,1-2H3. The largest absolute Gasteiger partial charge is 0.391 e. The minimum atomic E-state index is -4.20. The van der Waals surface area contributed by atoms with Crippen molar-refractivity contribution in [3.63, 3.8) is 0 Å². The molecule has 0 aliphatic rings. The maximum atomic E-state index is 12.5. The van der Waals surface area contributed by atoms with Crippen LogP contribution in [0.4, 0.5) is 13.2 Å². The smallest absolute Gasteiger partial charge is 0.324 e. The second-order valence-electron chi connectivity index (χ2n) is 4.69. The fraction of sp³-hybridized carbons (Fsp3) is 0.462. The number of halogens is 4. The molecule has 2 nitrogen and oxygen atoms in total. The molecule has 6 heteroatoms. The lowest BCUT2D eigenvalue weighted by Gasteiger charge is -2.18. The van der Waals surface area contributed by atoms with Gasteiger partial charge in [0, 0.05) is 6.04 Å². The van der Waals surface area contributed by atoms with E-state index in [0.717, 1.165) is 5.56 Å². The molecule has 2 aromatic rings. The first kappa shape index (κ1) is 14.2. The summed E-state index contributed by atoms with van der Waals surface area (Å²) in [5.74, 6) is 0.564. The molecule has 0 fully saturated rings. The molecule has 1 atom stereocenters. The van der Waals surface area contributed by atoms with Gasteiger partial charge in [0.25, 0.3) is 0 Å². The van der Waals surface area contributed by atoms with E-state index < -0.39 is 18.6 Å². The number of alkyl halides is 4. The van der Waals surface area contributed by atoms with Gasteiger partial charge in [0.1, 0.15) is 5.82 Å². The van der Waals surface area contributed by atoms with Crippen molar-refractivity contribution >= 4 is 22.6 Å². The Kier molecular flexibility index (Phi) is 3.76. The Morgan fingerprint density at radius 1 is 1.37 bits per heavy atom. The van der Waals surface area contributed by atoms with Gasteiger partial charge < -0.3 is 4.57 Å². The van der Waals surface area contributed by atoms with Crippen molar-refractivity contribution in [2.75, 3.05) is 0 Å². The molecule has 0 saturated carbocycles. The molecule has 0 spiro atoms. The van der Waals surface area contributed by atoms with Gasteiger partial charge in [-0.15, -0.1) is 11.6 Å². The van der Waals surface area contributed by atoms with Gasteiger partial charge in [-0.1, -0.05) is 6.07 Å². The summed E-state index contributed by atoms with van der Waals surface area (Å²) in [5, 5.41) is 0. The van der Waals surface area contributed by atoms with Crippen LogP contribution in [0.15, 0.2) is 18.2 Å². The molecule has 0 saturated heterocycles. The first-order chi connectivity index (χ1) is 8.81. The normalized spacial score (nSPS) is 14.0. The highest BCUT2D eigenvalue weighted by Crippen LogP contribution is 2.31. The molecule has 1 unspecified atom stereocenters. The Morgan fingerprint density at radius 3 is 2.63 bits per heavy atom. The molecule has 1 aromatic heterocycles. The maximum Gasteiger partial charge on any atom is 0.391 e. The number of aromatic nitrogens is 2. The Labute approximate surface area is 114 Å². The summed E-state index contributed by atoms with van der Waals surface area (Å²) in [6, 6.07) is 4.78. The van der Waals surface area contributed by atoms with E-state index in [2.05, 4.69) is 4.98 Å². The molecule has 0 aliphatic carbocycles. The highest BCUT2D eigenvalue weighted by atomic mass is 35.5. The van der Waals surface area contributed by atoms with Crippen molar-refractivity contribution in [2.24, 2.45) is 0 Å². The number of fused-ring (bicyclic) bond motifs is 1. The summed E-state index contributed by atoms with van der Waals surface area (Å²) in [5.41, 5.74) is 2.39. The van der Waals surface area contributed by atoms with Crippen LogP contribution in [0.25, 0.3) is 11.0 Å². The van der Waals surface area contributed by atoms with E-state index in [1.54, 1.807) is 10.6 Å². The minimum absolute atomic E-state index is 0.0932. The molecule has 1 aromatic carbocycles. The quantitative estimate of drug-likeness (QED) is 0.756. The van der Waals surface area contributed by atoms with Crippen LogP contribution in [0, 0.1) is 6.92 Å². The third-order valence-electron chi connectivity index (χ3n) is 3.01. The number of hydrogen-bond acceptors (Lipinski definition) is 1. The average Bonchev–Trinajstić information content (AvgIpc) is 2.63. The van der Waals surface area contributed by atoms with Crippen LogP contribution in [-0.2, 0) is 5.88 Å². The molecule has 0 radical (unpaired) electrons. The second-order valence-corrected chi connectivity index (χ2v) is 4.96. The Hall–Kier alpha value is -1.23. The second kappa shape index (κ2) is 5.04. The van der Waals surface area contributed by atoms with Crippen LogP contribution in [0.3, 0.4) is 0 Å². The lowest BCUT2D eigenvalue weighted by atomic mass is 10.2. The lowest BCUT2D eigenvalue weighted by molar-refractivity contribution is -0.141. The minimum Gasteiger partial charge on any atom is -0.324 e. The fourth-order valence-corrected chi connectivity index (χ4v) is 2.46. The summed E-state index contributed by atoms with van der Waals surface area (Å²) in [6.07, 6.45) is -5.10. The highest BCUT2D eigenvalue weighted by molar-refractivity contribution is 6.16. The van der Waals surface area contributed by atoms with Gasteiger partial charge in [-0.25, -0.2) is 4.98 Å². The topological polar surface area (TPSA) is 17.8 Å². The Balaban J connectivity index is 2.51. The van der Waals surface area contributed by atoms with Gasteiger partial charge in [-0.3, -0.25) is 0 Å². The van der Waals surface area contributed by atoms with Crippen LogP contribution in [0.2, 0.25) is 0 Å². The molecule has 19 heavy (non-hydrogen) atoms. The van der Waals surface area contributed by atoms with E-state index in [0.29, 0.717) is 16.9 Å². The van der Waals surface area contributed by atoms with Crippen LogP contribution in [-0.4, -0.2) is 15.7 Å². The summed E-state index contributed by atoms with van der Waals surface area (Å²) in [7, 11) is 0. The predicted molar refractivity (Wildman–Crippen MR) is 69.4 cm³/mol. The molecule has 2 rings (SSSR count). The third kappa shape index (κ3) is 3.03. The SMILES string of the molecule is Cc1ccc2c(c1)nc(CCl)n2C(C)CC(F)(F)F. The molecule has 1 heterocycles. The van der Waals surface area contributed by atoms with E-state index in [9.17, 15) is 13.2 Å². The number of benzene rings is 1. The first-order valence-electron chi connectivity index (χ1n) is 5.92. The Morgan fingerprint density at radius 2 is 2.05 bits per heavy atom. The van der Waals surface area contributed by atoms with Crippen molar-refractivity contribution in [2.45, 2.75) is 38.4 Å². The zero-order valence-electron chi connectivity index (χ0n) is 10.6. The number of aryl methyl sites for hydroxylation is 1. The van der Waals surface area contributed by atoms with Gasteiger partial charge in [-0.2, -0.15) is 13.2 Å². The monoisotopic (exact) mass is 290 g/mol. The van der Waals surface area contributed by atoms with Gasteiger partial charge in [-0.05, 0) is 31.5 Å². The maximum absolute atomic E-state index is 12.5. The number of nitrogens with zero attached hydrogens (tertiary/aromatic N) is 2. The fourth-order valence-electron chi connectivity index (χ4n) is 2.27. The van der Waals surface area contributed by atoms with Crippen LogP contribution >= 0.6 is 11.6 Å². The number of rotatable bonds is 3. The first-order valence-corrected chi connectivity index (χ1v) is 6.45. The van der Waals surface area contributed by atoms with E-state index in [1.807, 2.05) is 19.1 Å². The molecule has 0 aliphatic heterocycles. The van der Waals surface area contributed by atoms with Crippen molar-refractivity contribution in [3.05, 3.63) is 29.6 Å². The van der Waals surface area contributed by atoms with E-state index in [-0.39, 0.29) is 5.88 Å². The molecular weight excluding hydrogens is 277 g/mol. The van der Waals surface area contributed by atoms with Gasteiger partial charge >= 0.3 is 6.18 Å². The lowest BCUT2D eigenvalue weighted by Crippen LogP contribution is -2.17. The summed E-state index contributed by atoms with van der Waals surface area (Å²) >= 11 is 5.79. The number of imidazole rings is 1. The van der Waals surface area contributed by atoms with E-state index in [1.165, 1.54) is 6.92 Å². The van der Waals surface area contributed by atoms with Gasteiger partial charge in [0.05, 0.1) is 23.3 Å². The summed E-state index contributed by atoms with van der Waals surface area (Å²) in [4.78, 5) is 4.31. The highest BCUT2D eigenvalue weighted by Gasteiger charge is 2.32. The van der Waals surface area contributed by atoms with Crippen LogP contribution in [0.5, 0.6) is 0 Å². The average molecular weight is 291 g/mol. The van der Waals surface area contributed by atoms with E-state index >= 15 is 0 Å². The van der Waals surface area contributed by atoms with Crippen molar-refractivity contribution < 1.29 is 13.2 Å². The molecule has 0 bridgehead atoms.